The van der Waals surface area contributed by atoms with E-state index in [0.29, 0.717) is 0 Å². The van der Waals surface area contributed by atoms with Crippen molar-refractivity contribution in [1.29, 1.82) is 0 Å². The van der Waals surface area contributed by atoms with E-state index in [1.165, 1.54) is 18.7 Å². The Labute approximate surface area is 173 Å². The minimum Gasteiger partial charge on any atom is -0.441 e. The molecule has 0 saturated carbocycles. The third-order valence-electron chi connectivity index (χ3n) is 5.20. The second kappa shape index (κ2) is 9.07. The highest BCUT2D eigenvalue weighted by molar-refractivity contribution is 5.94. The van der Waals surface area contributed by atoms with E-state index in [1.54, 1.807) is 0 Å². The highest BCUT2D eigenvalue weighted by Gasteiger charge is 2.18. The van der Waals surface area contributed by atoms with Gasteiger partial charge in [0.25, 0.3) is 0 Å². The van der Waals surface area contributed by atoms with Crippen LogP contribution in [0.1, 0.15) is 31.6 Å². The first-order valence-corrected chi connectivity index (χ1v) is 10.1. The molecular weight excluding hydrogens is 388 g/mol. The molecule has 1 amide bonds. The van der Waals surface area contributed by atoms with Gasteiger partial charge in [-0.1, -0.05) is 18.2 Å². The summed E-state index contributed by atoms with van der Waals surface area (Å²) in [7, 11) is 0. The number of rotatable bonds is 6. The Balaban J connectivity index is 1.39. The largest absolute Gasteiger partial charge is 0.441 e. The van der Waals surface area contributed by atoms with Gasteiger partial charge in [0, 0.05) is 25.9 Å². The molecule has 0 unspecified atom stereocenters. The molecule has 156 valence electrons. The number of anilines is 2. The van der Waals surface area contributed by atoms with Crippen LogP contribution in [0.15, 0.2) is 53.1 Å². The Bertz CT molecular complexity index is 1010. The molecule has 1 aliphatic rings. The molecule has 1 aliphatic heterocycles. The van der Waals surface area contributed by atoms with Crippen LogP contribution < -0.4 is 10.2 Å². The Morgan fingerprint density at radius 3 is 2.53 bits per heavy atom. The maximum absolute atomic E-state index is 13.9. The van der Waals surface area contributed by atoms with Crippen LogP contribution >= 0.6 is 0 Å². The smallest absolute Gasteiger partial charge is 0.224 e. The van der Waals surface area contributed by atoms with Crippen LogP contribution in [0.25, 0.3) is 11.3 Å². The molecular formula is C23H23F2N3O2. The number of hydrogen-bond donors (Lipinski definition) is 1. The number of carbonyl (C=O) groups excluding carboxylic acids is 1. The number of hydrogen-bond acceptors (Lipinski definition) is 4. The van der Waals surface area contributed by atoms with Gasteiger partial charge in [-0.15, -0.1) is 0 Å². The Morgan fingerprint density at radius 2 is 1.77 bits per heavy atom. The van der Waals surface area contributed by atoms with E-state index in [-0.39, 0.29) is 36.0 Å². The maximum Gasteiger partial charge on any atom is 0.224 e. The minimum atomic E-state index is -0.718. The lowest BCUT2D eigenvalue weighted by molar-refractivity contribution is -0.116. The molecule has 1 fully saturated rings. The van der Waals surface area contributed by atoms with Crippen molar-refractivity contribution in [3.8, 4) is 11.3 Å². The van der Waals surface area contributed by atoms with Gasteiger partial charge in [0.1, 0.15) is 11.6 Å². The summed E-state index contributed by atoms with van der Waals surface area (Å²) in [5.41, 5.74) is 1.56. The number of piperidine rings is 1. The SMILES string of the molecule is O=C(CCc1ncc(-c2c(F)cccc2F)o1)Nc1ccccc1N1CCCCC1. The average molecular weight is 411 g/mol. The number of nitrogens with one attached hydrogen (secondary N) is 1. The Hall–Kier alpha value is -3.22. The molecule has 2 heterocycles. The summed E-state index contributed by atoms with van der Waals surface area (Å²) in [6, 6.07) is 11.4. The van der Waals surface area contributed by atoms with Crippen molar-refractivity contribution in [2.45, 2.75) is 32.1 Å². The molecule has 3 aromatic rings. The normalized spacial score (nSPS) is 14.0. The van der Waals surface area contributed by atoms with E-state index < -0.39 is 11.6 Å². The molecule has 0 spiro atoms. The number of aryl methyl sites for hydroxylation is 1. The lowest BCUT2D eigenvalue weighted by atomic mass is 10.1. The molecule has 1 saturated heterocycles. The number of aromatic nitrogens is 1. The Kier molecular flexibility index (Phi) is 6.07. The van der Waals surface area contributed by atoms with E-state index in [2.05, 4.69) is 15.2 Å². The second-order valence-corrected chi connectivity index (χ2v) is 7.33. The van der Waals surface area contributed by atoms with E-state index >= 15 is 0 Å². The molecule has 5 nitrogen and oxygen atoms in total. The van der Waals surface area contributed by atoms with Crippen molar-refractivity contribution < 1.29 is 18.0 Å². The minimum absolute atomic E-state index is 0.0106. The van der Waals surface area contributed by atoms with E-state index in [0.717, 1.165) is 49.4 Å². The van der Waals surface area contributed by atoms with E-state index in [9.17, 15) is 13.6 Å². The van der Waals surface area contributed by atoms with Crippen LogP contribution in [-0.4, -0.2) is 24.0 Å². The number of halogens is 2. The molecule has 1 aromatic heterocycles. The first-order valence-electron chi connectivity index (χ1n) is 10.1. The van der Waals surface area contributed by atoms with Crippen molar-refractivity contribution in [3.05, 3.63) is 66.2 Å². The van der Waals surface area contributed by atoms with Crippen molar-refractivity contribution in [2.24, 2.45) is 0 Å². The van der Waals surface area contributed by atoms with Gasteiger partial charge in [-0.2, -0.15) is 0 Å². The molecule has 4 rings (SSSR count). The number of amides is 1. The van der Waals surface area contributed by atoms with Crippen LogP contribution in [0.5, 0.6) is 0 Å². The number of carbonyl (C=O) groups is 1. The van der Waals surface area contributed by atoms with E-state index in [1.807, 2.05) is 24.3 Å². The van der Waals surface area contributed by atoms with Gasteiger partial charge in [-0.05, 0) is 43.5 Å². The topological polar surface area (TPSA) is 58.4 Å². The quantitative estimate of drug-likeness (QED) is 0.607. The standard InChI is InChI=1S/C23H23F2N3O2/c24-16-7-6-8-17(25)23(16)20-15-26-22(30-20)12-11-21(29)27-18-9-2-3-10-19(18)28-13-4-1-5-14-28/h2-3,6-10,15H,1,4-5,11-14H2,(H,27,29). The van der Waals surface area contributed by atoms with Crippen LogP contribution in [0, 0.1) is 11.6 Å². The lowest BCUT2D eigenvalue weighted by Crippen LogP contribution is -2.30. The van der Waals surface area contributed by atoms with Gasteiger partial charge >= 0.3 is 0 Å². The third-order valence-corrected chi connectivity index (χ3v) is 5.20. The fourth-order valence-corrected chi connectivity index (χ4v) is 3.70. The number of para-hydroxylation sites is 2. The number of benzene rings is 2. The summed E-state index contributed by atoms with van der Waals surface area (Å²) in [4.78, 5) is 18.8. The van der Waals surface area contributed by atoms with Gasteiger partial charge in [0.2, 0.25) is 5.91 Å². The fraction of sp³-hybridized carbons (Fsp3) is 0.304. The molecule has 30 heavy (non-hydrogen) atoms. The first-order chi connectivity index (χ1) is 14.6. The third kappa shape index (κ3) is 4.50. The summed E-state index contributed by atoms with van der Waals surface area (Å²) >= 11 is 0. The van der Waals surface area contributed by atoms with Gasteiger partial charge in [0.15, 0.2) is 11.7 Å². The summed E-state index contributed by atoms with van der Waals surface area (Å²) in [6.45, 7) is 1.97. The molecule has 0 aliphatic carbocycles. The monoisotopic (exact) mass is 411 g/mol. The molecule has 1 N–H and O–H groups in total. The number of nitrogens with zero attached hydrogens (tertiary/aromatic N) is 2. The molecule has 0 atom stereocenters. The second-order valence-electron chi connectivity index (χ2n) is 7.33. The van der Waals surface area contributed by atoms with Crippen LogP contribution in [0.4, 0.5) is 20.2 Å². The predicted octanol–water partition coefficient (Wildman–Crippen LogP) is 5.18. The zero-order valence-electron chi connectivity index (χ0n) is 16.5. The van der Waals surface area contributed by atoms with Gasteiger partial charge in [-0.3, -0.25) is 4.79 Å². The van der Waals surface area contributed by atoms with Gasteiger partial charge in [0.05, 0.1) is 23.1 Å². The Morgan fingerprint density at radius 1 is 1.03 bits per heavy atom. The lowest BCUT2D eigenvalue weighted by Gasteiger charge is -2.30. The van der Waals surface area contributed by atoms with Crippen molar-refractivity contribution in [2.75, 3.05) is 23.3 Å². The highest BCUT2D eigenvalue weighted by atomic mass is 19.1. The first kappa shape index (κ1) is 20.1. The molecule has 0 radical (unpaired) electrons. The van der Waals surface area contributed by atoms with Crippen molar-refractivity contribution >= 4 is 17.3 Å². The summed E-state index contributed by atoms with van der Waals surface area (Å²) in [5, 5.41) is 2.96. The molecule has 7 heteroatoms. The van der Waals surface area contributed by atoms with Crippen molar-refractivity contribution in [3.63, 3.8) is 0 Å². The zero-order chi connectivity index (χ0) is 20.9. The van der Waals surface area contributed by atoms with Gasteiger partial charge < -0.3 is 14.6 Å². The van der Waals surface area contributed by atoms with Gasteiger partial charge in [-0.25, -0.2) is 13.8 Å². The van der Waals surface area contributed by atoms with Crippen LogP contribution in [0.2, 0.25) is 0 Å². The van der Waals surface area contributed by atoms with E-state index in [4.69, 9.17) is 4.42 Å². The summed E-state index contributed by atoms with van der Waals surface area (Å²) in [5.74, 6) is -1.34. The highest BCUT2D eigenvalue weighted by Crippen LogP contribution is 2.29. The average Bonchev–Trinajstić information content (AvgIpc) is 3.22. The molecule has 2 aromatic carbocycles. The molecule has 0 bridgehead atoms. The predicted molar refractivity (Wildman–Crippen MR) is 111 cm³/mol. The zero-order valence-corrected chi connectivity index (χ0v) is 16.5. The van der Waals surface area contributed by atoms with Crippen LogP contribution in [-0.2, 0) is 11.2 Å². The maximum atomic E-state index is 13.9. The summed E-state index contributed by atoms with van der Waals surface area (Å²) < 4.78 is 33.3. The van der Waals surface area contributed by atoms with Crippen LogP contribution in [0.3, 0.4) is 0 Å². The fourth-order valence-electron chi connectivity index (χ4n) is 3.70. The number of oxazole rings is 1. The van der Waals surface area contributed by atoms with Crippen molar-refractivity contribution in [1.82, 2.24) is 4.98 Å². The summed E-state index contributed by atoms with van der Waals surface area (Å²) in [6.07, 6.45) is 5.19.